The molecule has 1 saturated heterocycles. The zero-order valence-electron chi connectivity index (χ0n) is 19.4. The van der Waals surface area contributed by atoms with E-state index < -0.39 is 0 Å². The van der Waals surface area contributed by atoms with Crippen LogP contribution in [0.2, 0.25) is 0 Å². The maximum Gasteiger partial charge on any atom is 0.176 e. The van der Waals surface area contributed by atoms with Gasteiger partial charge in [-0.25, -0.2) is 9.97 Å². The summed E-state index contributed by atoms with van der Waals surface area (Å²) >= 11 is 0. The molecule has 3 aromatic heterocycles. The predicted octanol–water partition coefficient (Wildman–Crippen LogP) is 4.74. The SMILES string of the molecule is COc1cccc2cc(CN3CCC(c4cc(N(C)C)nc(-c5cccnc5)n4)CC3)oc12. The summed E-state index contributed by atoms with van der Waals surface area (Å²) in [5, 5.41) is 1.08. The zero-order chi connectivity index (χ0) is 22.8. The number of aromatic nitrogens is 3. The Morgan fingerprint density at radius 1 is 1.09 bits per heavy atom. The van der Waals surface area contributed by atoms with Gasteiger partial charge in [0.2, 0.25) is 0 Å². The minimum Gasteiger partial charge on any atom is -0.493 e. The van der Waals surface area contributed by atoms with Gasteiger partial charge >= 0.3 is 0 Å². The average molecular weight is 444 g/mol. The summed E-state index contributed by atoms with van der Waals surface area (Å²) in [6.45, 7) is 2.81. The molecule has 1 aromatic carbocycles. The number of furan rings is 1. The van der Waals surface area contributed by atoms with E-state index in [-0.39, 0.29) is 0 Å². The van der Waals surface area contributed by atoms with E-state index in [1.165, 1.54) is 0 Å². The van der Waals surface area contributed by atoms with Gasteiger partial charge in [0, 0.05) is 55.1 Å². The number of methoxy groups -OCH3 is 1. The Morgan fingerprint density at radius 3 is 2.67 bits per heavy atom. The molecule has 7 heteroatoms. The third kappa shape index (κ3) is 4.54. The lowest BCUT2D eigenvalue weighted by Crippen LogP contribution is -2.32. The molecule has 5 rings (SSSR count). The van der Waals surface area contributed by atoms with Crippen molar-refractivity contribution in [3.05, 3.63) is 66.3 Å². The van der Waals surface area contributed by atoms with Crippen LogP contribution in [0.4, 0.5) is 5.82 Å². The second-order valence-corrected chi connectivity index (χ2v) is 8.75. The largest absolute Gasteiger partial charge is 0.493 e. The number of hydrogen-bond acceptors (Lipinski definition) is 7. The summed E-state index contributed by atoms with van der Waals surface area (Å²) in [6.07, 6.45) is 5.71. The van der Waals surface area contributed by atoms with E-state index in [0.29, 0.717) is 5.92 Å². The van der Waals surface area contributed by atoms with Gasteiger partial charge in [-0.2, -0.15) is 0 Å². The summed E-state index contributed by atoms with van der Waals surface area (Å²) in [6, 6.07) is 14.2. The van der Waals surface area contributed by atoms with Gasteiger partial charge < -0.3 is 14.1 Å². The fraction of sp³-hybridized carbons (Fsp3) is 0.346. The Balaban J connectivity index is 1.30. The molecule has 4 aromatic rings. The van der Waals surface area contributed by atoms with Crippen LogP contribution in [0.1, 0.15) is 30.2 Å². The van der Waals surface area contributed by atoms with Crippen molar-refractivity contribution < 1.29 is 9.15 Å². The van der Waals surface area contributed by atoms with E-state index in [9.17, 15) is 0 Å². The number of benzene rings is 1. The highest BCUT2D eigenvalue weighted by Crippen LogP contribution is 2.32. The van der Waals surface area contributed by atoms with Crippen LogP contribution in [0.15, 0.2) is 59.3 Å². The van der Waals surface area contributed by atoms with Crippen molar-refractivity contribution in [1.82, 2.24) is 19.9 Å². The van der Waals surface area contributed by atoms with Crippen LogP contribution >= 0.6 is 0 Å². The van der Waals surface area contributed by atoms with E-state index >= 15 is 0 Å². The summed E-state index contributed by atoms with van der Waals surface area (Å²) in [4.78, 5) is 18.4. The number of anilines is 1. The average Bonchev–Trinajstić information content (AvgIpc) is 3.27. The third-order valence-corrected chi connectivity index (χ3v) is 6.27. The maximum absolute atomic E-state index is 6.11. The topological polar surface area (TPSA) is 67.5 Å². The van der Waals surface area contributed by atoms with Gasteiger partial charge in [0.25, 0.3) is 0 Å². The first kappa shape index (κ1) is 21.4. The fourth-order valence-electron chi connectivity index (χ4n) is 4.45. The number of fused-ring (bicyclic) bond motifs is 1. The Bertz CT molecular complexity index is 1230. The Labute approximate surface area is 194 Å². The van der Waals surface area contributed by atoms with Crippen molar-refractivity contribution >= 4 is 16.8 Å². The van der Waals surface area contributed by atoms with E-state index in [0.717, 1.165) is 77.9 Å². The van der Waals surface area contributed by atoms with Crippen molar-refractivity contribution in [1.29, 1.82) is 0 Å². The van der Waals surface area contributed by atoms with E-state index in [2.05, 4.69) is 28.1 Å². The molecule has 170 valence electrons. The standard InChI is InChI=1S/C26H29N5O2/c1-30(2)24-15-22(28-26(29-24)20-7-5-11-27-16-20)18-9-12-31(13-10-18)17-21-14-19-6-4-8-23(32-3)25(19)33-21/h4-8,11,14-16,18H,9-10,12-13,17H2,1-3H3. The zero-order valence-corrected chi connectivity index (χ0v) is 19.4. The molecule has 1 aliphatic rings. The van der Waals surface area contributed by atoms with Gasteiger partial charge in [0.05, 0.1) is 13.7 Å². The number of piperidine rings is 1. The quantitative estimate of drug-likeness (QED) is 0.426. The predicted molar refractivity (Wildman–Crippen MR) is 130 cm³/mol. The molecule has 0 amide bonds. The van der Waals surface area contributed by atoms with Gasteiger partial charge in [-0.05, 0) is 50.2 Å². The highest BCUT2D eigenvalue weighted by molar-refractivity contribution is 5.83. The van der Waals surface area contributed by atoms with Crippen LogP contribution in [0, 0.1) is 0 Å². The summed E-state index contributed by atoms with van der Waals surface area (Å²) in [5.41, 5.74) is 2.88. The molecule has 0 N–H and O–H groups in total. The van der Waals surface area contributed by atoms with Crippen LogP contribution in [0.25, 0.3) is 22.4 Å². The monoisotopic (exact) mass is 443 g/mol. The van der Waals surface area contributed by atoms with Gasteiger partial charge in [0.1, 0.15) is 11.6 Å². The molecule has 1 fully saturated rings. The van der Waals surface area contributed by atoms with Crippen LogP contribution < -0.4 is 9.64 Å². The number of nitrogens with zero attached hydrogens (tertiary/aromatic N) is 5. The summed E-state index contributed by atoms with van der Waals surface area (Å²) < 4.78 is 11.5. The first-order valence-electron chi connectivity index (χ1n) is 11.3. The van der Waals surface area contributed by atoms with E-state index in [1.54, 1.807) is 13.3 Å². The van der Waals surface area contributed by atoms with Crippen molar-refractivity contribution in [2.75, 3.05) is 39.2 Å². The van der Waals surface area contributed by atoms with E-state index in [4.69, 9.17) is 19.1 Å². The van der Waals surface area contributed by atoms with Crippen LogP contribution in [0.3, 0.4) is 0 Å². The molecule has 0 saturated carbocycles. The smallest absolute Gasteiger partial charge is 0.176 e. The lowest BCUT2D eigenvalue weighted by Gasteiger charge is -2.31. The molecule has 0 aliphatic carbocycles. The lowest BCUT2D eigenvalue weighted by molar-refractivity contribution is 0.191. The Hall–Kier alpha value is -3.45. The normalized spacial score (nSPS) is 15.1. The molecule has 4 heterocycles. The first-order valence-corrected chi connectivity index (χ1v) is 11.3. The molecule has 0 unspecified atom stereocenters. The number of ether oxygens (including phenoxy) is 1. The molecule has 0 atom stereocenters. The van der Waals surface area contributed by atoms with Gasteiger partial charge in [-0.3, -0.25) is 9.88 Å². The van der Waals surface area contributed by atoms with Crippen molar-refractivity contribution in [3.63, 3.8) is 0 Å². The summed E-state index contributed by atoms with van der Waals surface area (Å²) in [7, 11) is 5.71. The van der Waals surface area contributed by atoms with Crippen molar-refractivity contribution in [3.8, 4) is 17.1 Å². The van der Waals surface area contributed by atoms with Crippen molar-refractivity contribution in [2.45, 2.75) is 25.3 Å². The van der Waals surface area contributed by atoms with E-state index in [1.807, 2.05) is 49.5 Å². The minimum atomic E-state index is 0.411. The van der Waals surface area contributed by atoms with Gasteiger partial charge in [-0.1, -0.05) is 12.1 Å². The molecule has 0 spiro atoms. The van der Waals surface area contributed by atoms with Crippen LogP contribution in [-0.4, -0.2) is 54.1 Å². The van der Waals surface area contributed by atoms with Gasteiger partial charge in [0.15, 0.2) is 17.2 Å². The first-order chi connectivity index (χ1) is 16.1. The number of pyridine rings is 1. The molecular weight excluding hydrogens is 414 g/mol. The molecule has 1 aliphatic heterocycles. The van der Waals surface area contributed by atoms with Crippen molar-refractivity contribution in [2.24, 2.45) is 0 Å². The third-order valence-electron chi connectivity index (χ3n) is 6.27. The maximum atomic E-state index is 6.11. The van der Waals surface area contributed by atoms with Gasteiger partial charge in [-0.15, -0.1) is 0 Å². The molecule has 0 bridgehead atoms. The van der Waals surface area contributed by atoms with Crippen LogP contribution in [-0.2, 0) is 6.54 Å². The number of rotatable bonds is 6. The molecule has 33 heavy (non-hydrogen) atoms. The Morgan fingerprint density at radius 2 is 1.94 bits per heavy atom. The molecule has 7 nitrogen and oxygen atoms in total. The second kappa shape index (κ2) is 9.19. The highest BCUT2D eigenvalue weighted by Gasteiger charge is 2.24. The summed E-state index contributed by atoms with van der Waals surface area (Å²) in [5.74, 6) is 3.83. The second-order valence-electron chi connectivity index (χ2n) is 8.75. The molecular formula is C26H29N5O2. The number of hydrogen-bond donors (Lipinski definition) is 0. The Kier molecular flexibility index (Phi) is 5.96. The van der Waals surface area contributed by atoms with Crippen LogP contribution in [0.5, 0.6) is 5.75 Å². The minimum absolute atomic E-state index is 0.411. The molecule has 0 radical (unpaired) electrons. The lowest BCUT2D eigenvalue weighted by atomic mass is 9.93. The number of para-hydroxylation sites is 1. The fourth-order valence-corrected chi connectivity index (χ4v) is 4.45. The number of likely N-dealkylation sites (tertiary alicyclic amines) is 1. The highest BCUT2D eigenvalue weighted by atomic mass is 16.5.